The van der Waals surface area contributed by atoms with Crippen LogP contribution in [0.2, 0.25) is 5.02 Å². The molecule has 5 nitrogen and oxygen atoms in total. The summed E-state index contributed by atoms with van der Waals surface area (Å²) >= 11 is 6.12. The molecule has 25 heavy (non-hydrogen) atoms. The SMILES string of the molecule is COc1ccc2nc3cc(Cl)ccc3c(NCCCNC(C)=O)c2c1. The minimum absolute atomic E-state index is 0.0146. The molecule has 1 heterocycles. The quantitative estimate of drug-likeness (QED) is 0.517. The Kier molecular flexibility index (Phi) is 5.24. The van der Waals surface area contributed by atoms with Crippen LogP contribution in [0.25, 0.3) is 21.8 Å². The van der Waals surface area contributed by atoms with E-state index in [-0.39, 0.29) is 5.91 Å². The van der Waals surface area contributed by atoms with Crippen molar-refractivity contribution >= 4 is 45.0 Å². The molecular weight excluding hydrogens is 338 g/mol. The van der Waals surface area contributed by atoms with E-state index in [1.165, 1.54) is 6.92 Å². The fourth-order valence-corrected chi connectivity index (χ4v) is 2.95. The summed E-state index contributed by atoms with van der Waals surface area (Å²) in [6.45, 7) is 2.89. The molecular formula is C19H20ClN3O2. The third-order valence-electron chi connectivity index (χ3n) is 3.97. The first-order valence-electron chi connectivity index (χ1n) is 8.14. The maximum Gasteiger partial charge on any atom is 0.216 e. The number of pyridine rings is 1. The van der Waals surface area contributed by atoms with E-state index in [4.69, 9.17) is 21.3 Å². The average Bonchev–Trinajstić information content (AvgIpc) is 2.59. The predicted molar refractivity (Wildman–Crippen MR) is 103 cm³/mol. The Hall–Kier alpha value is -2.53. The lowest BCUT2D eigenvalue weighted by Crippen LogP contribution is -2.22. The molecule has 0 unspecified atom stereocenters. The van der Waals surface area contributed by atoms with Gasteiger partial charge in [0.15, 0.2) is 0 Å². The molecule has 1 amide bonds. The van der Waals surface area contributed by atoms with Crippen molar-refractivity contribution in [3.05, 3.63) is 41.4 Å². The number of methoxy groups -OCH3 is 1. The van der Waals surface area contributed by atoms with Gasteiger partial charge in [-0.05, 0) is 42.8 Å². The highest BCUT2D eigenvalue weighted by atomic mass is 35.5. The van der Waals surface area contributed by atoms with Crippen molar-refractivity contribution in [2.45, 2.75) is 13.3 Å². The van der Waals surface area contributed by atoms with Gasteiger partial charge in [0.2, 0.25) is 5.91 Å². The number of amides is 1. The molecule has 0 aliphatic heterocycles. The molecule has 2 aromatic carbocycles. The van der Waals surface area contributed by atoms with Gasteiger partial charge in [0.25, 0.3) is 0 Å². The summed E-state index contributed by atoms with van der Waals surface area (Å²) in [6.07, 6.45) is 0.822. The molecule has 0 saturated carbocycles. The summed E-state index contributed by atoms with van der Waals surface area (Å²) in [5.74, 6) is 0.767. The Morgan fingerprint density at radius 2 is 1.96 bits per heavy atom. The summed E-state index contributed by atoms with van der Waals surface area (Å²) in [5.41, 5.74) is 2.72. The van der Waals surface area contributed by atoms with Crippen LogP contribution in [0.1, 0.15) is 13.3 Å². The van der Waals surface area contributed by atoms with Crippen molar-refractivity contribution in [3.8, 4) is 5.75 Å². The maximum absolute atomic E-state index is 11.0. The third kappa shape index (κ3) is 3.94. The second-order valence-corrected chi connectivity index (χ2v) is 6.23. The summed E-state index contributed by atoms with van der Waals surface area (Å²) in [7, 11) is 1.65. The van der Waals surface area contributed by atoms with Crippen LogP contribution in [-0.2, 0) is 4.79 Å². The van der Waals surface area contributed by atoms with E-state index in [9.17, 15) is 4.79 Å². The van der Waals surface area contributed by atoms with E-state index < -0.39 is 0 Å². The summed E-state index contributed by atoms with van der Waals surface area (Å²) < 4.78 is 5.35. The number of nitrogens with one attached hydrogen (secondary N) is 2. The van der Waals surface area contributed by atoms with Crippen LogP contribution < -0.4 is 15.4 Å². The van der Waals surface area contributed by atoms with E-state index in [1.54, 1.807) is 7.11 Å². The van der Waals surface area contributed by atoms with Gasteiger partial charge in [-0.15, -0.1) is 0 Å². The smallest absolute Gasteiger partial charge is 0.216 e. The number of fused-ring (bicyclic) bond motifs is 2. The van der Waals surface area contributed by atoms with E-state index in [2.05, 4.69) is 10.6 Å². The van der Waals surface area contributed by atoms with E-state index in [1.807, 2.05) is 36.4 Å². The van der Waals surface area contributed by atoms with Gasteiger partial charge in [0.1, 0.15) is 5.75 Å². The highest BCUT2D eigenvalue weighted by Crippen LogP contribution is 2.34. The lowest BCUT2D eigenvalue weighted by atomic mass is 10.1. The molecule has 6 heteroatoms. The fraction of sp³-hybridized carbons (Fsp3) is 0.263. The molecule has 0 atom stereocenters. The molecule has 0 aliphatic rings. The number of benzene rings is 2. The fourth-order valence-electron chi connectivity index (χ4n) is 2.78. The lowest BCUT2D eigenvalue weighted by Gasteiger charge is -2.14. The minimum atomic E-state index is -0.0146. The Morgan fingerprint density at radius 3 is 2.72 bits per heavy atom. The first kappa shape index (κ1) is 17.3. The van der Waals surface area contributed by atoms with Crippen LogP contribution in [0.5, 0.6) is 5.75 Å². The monoisotopic (exact) mass is 357 g/mol. The molecule has 0 radical (unpaired) electrons. The van der Waals surface area contributed by atoms with Crippen LogP contribution in [0.3, 0.4) is 0 Å². The number of carbonyl (C=O) groups is 1. The molecule has 0 fully saturated rings. The van der Waals surface area contributed by atoms with Gasteiger partial charge in [-0.2, -0.15) is 0 Å². The van der Waals surface area contributed by atoms with Crippen molar-refractivity contribution < 1.29 is 9.53 Å². The Bertz CT molecular complexity index is 927. The molecule has 0 saturated heterocycles. The molecule has 3 aromatic rings. The van der Waals surface area contributed by atoms with Crippen LogP contribution in [0, 0.1) is 0 Å². The Morgan fingerprint density at radius 1 is 1.12 bits per heavy atom. The van der Waals surface area contributed by atoms with Gasteiger partial charge in [-0.25, -0.2) is 4.98 Å². The van der Waals surface area contributed by atoms with Crippen LogP contribution >= 0.6 is 11.6 Å². The number of anilines is 1. The Labute approximate surface area is 151 Å². The van der Waals surface area contributed by atoms with Crippen molar-refractivity contribution in [2.75, 3.05) is 25.5 Å². The zero-order valence-corrected chi connectivity index (χ0v) is 15.0. The normalized spacial score (nSPS) is 10.8. The topological polar surface area (TPSA) is 63.2 Å². The number of rotatable bonds is 6. The van der Waals surface area contributed by atoms with E-state index >= 15 is 0 Å². The van der Waals surface area contributed by atoms with Crippen molar-refractivity contribution in [3.63, 3.8) is 0 Å². The first-order chi connectivity index (χ1) is 12.1. The Balaban J connectivity index is 1.99. The number of hydrogen-bond donors (Lipinski definition) is 2. The van der Waals surface area contributed by atoms with Crippen LogP contribution in [-0.4, -0.2) is 31.1 Å². The highest BCUT2D eigenvalue weighted by Gasteiger charge is 2.10. The molecule has 0 spiro atoms. The number of hydrogen-bond acceptors (Lipinski definition) is 4. The van der Waals surface area contributed by atoms with Gasteiger partial charge < -0.3 is 15.4 Å². The molecule has 130 valence electrons. The first-order valence-corrected chi connectivity index (χ1v) is 8.51. The lowest BCUT2D eigenvalue weighted by molar-refractivity contribution is -0.118. The van der Waals surface area contributed by atoms with Crippen LogP contribution in [0.15, 0.2) is 36.4 Å². The second-order valence-electron chi connectivity index (χ2n) is 5.79. The summed E-state index contributed by atoms with van der Waals surface area (Å²) in [5, 5.41) is 8.94. The largest absolute Gasteiger partial charge is 0.497 e. The standard InChI is InChI=1S/C19H20ClN3O2/c1-12(24)21-8-3-9-22-19-15-6-4-13(20)10-18(15)23-17-7-5-14(25-2)11-16(17)19/h4-7,10-11H,3,8-9H2,1-2H3,(H,21,24)(H,22,23). The van der Waals surface area contributed by atoms with Crippen molar-refractivity contribution in [2.24, 2.45) is 0 Å². The third-order valence-corrected chi connectivity index (χ3v) is 4.21. The number of halogens is 1. The van der Waals surface area contributed by atoms with Crippen molar-refractivity contribution in [1.82, 2.24) is 10.3 Å². The predicted octanol–water partition coefficient (Wildman–Crippen LogP) is 3.99. The number of aromatic nitrogens is 1. The summed E-state index contributed by atoms with van der Waals surface area (Å²) in [6, 6.07) is 11.5. The van der Waals surface area contributed by atoms with E-state index in [0.717, 1.165) is 46.2 Å². The second kappa shape index (κ2) is 7.57. The van der Waals surface area contributed by atoms with Gasteiger partial charge in [-0.3, -0.25) is 4.79 Å². The average molecular weight is 358 g/mol. The molecule has 2 N–H and O–H groups in total. The van der Waals surface area contributed by atoms with Gasteiger partial charge in [0, 0.05) is 35.8 Å². The summed E-state index contributed by atoms with van der Waals surface area (Å²) in [4.78, 5) is 15.7. The molecule has 1 aromatic heterocycles. The number of ether oxygens (including phenoxy) is 1. The molecule has 3 rings (SSSR count). The maximum atomic E-state index is 11.0. The van der Waals surface area contributed by atoms with Gasteiger partial charge >= 0.3 is 0 Å². The highest BCUT2D eigenvalue weighted by molar-refractivity contribution is 6.31. The number of nitrogens with zero attached hydrogens (tertiary/aromatic N) is 1. The van der Waals surface area contributed by atoms with E-state index in [0.29, 0.717) is 11.6 Å². The molecule has 0 bridgehead atoms. The van der Waals surface area contributed by atoms with Crippen molar-refractivity contribution in [1.29, 1.82) is 0 Å². The van der Waals surface area contributed by atoms with Crippen LogP contribution in [0.4, 0.5) is 5.69 Å². The van der Waals surface area contributed by atoms with Gasteiger partial charge in [0.05, 0.1) is 23.8 Å². The van der Waals surface area contributed by atoms with Gasteiger partial charge in [-0.1, -0.05) is 11.6 Å². The zero-order chi connectivity index (χ0) is 17.8. The zero-order valence-electron chi connectivity index (χ0n) is 14.2. The number of carbonyl (C=O) groups excluding carboxylic acids is 1. The molecule has 0 aliphatic carbocycles. The minimum Gasteiger partial charge on any atom is -0.497 e.